The van der Waals surface area contributed by atoms with E-state index in [9.17, 15) is 13.2 Å². The van der Waals surface area contributed by atoms with Crippen LogP contribution in [-0.2, 0) is 19.5 Å². The van der Waals surface area contributed by atoms with Crippen LogP contribution in [0.15, 0.2) is 47.4 Å². The van der Waals surface area contributed by atoms with Crippen molar-refractivity contribution in [2.75, 3.05) is 30.6 Å². The second kappa shape index (κ2) is 11.8. The Morgan fingerprint density at radius 1 is 1.13 bits per heavy atom. The van der Waals surface area contributed by atoms with Gasteiger partial charge in [-0.05, 0) is 90.3 Å². The topological polar surface area (TPSA) is 85.4 Å². The molecular formula is C30H44N2O6S. The largest absolute Gasteiger partial charge is 0.491 e. The van der Waals surface area contributed by atoms with Crippen molar-refractivity contribution in [2.24, 2.45) is 5.92 Å². The zero-order chi connectivity index (χ0) is 29.2. The molecule has 0 aliphatic carbocycles. The number of hydrogen-bond acceptors (Lipinski definition) is 6. The zero-order valence-electron chi connectivity index (χ0n) is 24.8. The molecule has 0 N–H and O–H groups in total. The van der Waals surface area contributed by atoms with Gasteiger partial charge in [-0.1, -0.05) is 31.5 Å². The number of sulfonamides is 1. The van der Waals surface area contributed by atoms with Gasteiger partial charge in [-0.15, -0.1) is 0 Å². The zero-order valence-corrected chi connectivity index (χ0v) is 25.6. The predicted molar refractivity (Wildman–Crippen MR) is 154 cm³/mol. The molecular weight excluding hydrogens is 516 g/mol. The average Bonchev–Trinajstić information content (AvgIpc) is 2.81. The molecule has 1 aliphatic heterocycles. The van der Waals surface area contributed by atoms with Crippen molar-refractivity contribution in [2.45, 2.75) is 84.5 Å². The summed E-state index contributed by atoms with van der Waals surface area (Å²) in [5.74, 6) is 0.642. The maximum absolute atomic E-state index is 13.7. The molecule has 216 valence electrons. The first-order chi connectivity index (χ1) is 18.0. The van der Waals surface area contributed by atoms with Crippen LogP contribution in [0.5, 0.6) is 5.75 Å². The fraction of sp³-hybridized carbons (Fsp3) is 0.567. The van der Waals surface area contributed by atoms with Crippen LogP contribution in [0.4, 0.5) is 10.5 Å². The van der Waals surface area contributed by atoms with E-state index in [1.807, 2.05) is 80.5 Å². The van der Waals surface area contributed by atoms with Gasteiger partial charge in [0.05, 0.1) is 35.4 Å². The van der Waals surface area contributed by atoms with Gasteiger partial charge < -0.3 is 14.2 Å². The first-order valence-electron chi connectivity index (χ1n) is 13.4. The molecule has 0 spiro atoms. The normalized spacial score (nSPS) is 17.7. The summed E-state index contributed by atoms with van der Waals surface area (Å²) in [5.41, 5.74) is 1.55. The summed E-state index contributed by atoms with van der Waals surface area (Å²) in [6.45, 7) is 18.5. The van der Waals surface area contributed by atoms with Gasteiger partial charge in [0, 0.05) is 6.54 Å². The first kappa shape index (κ1) is 30.8. The fourth-order valence-electron chi connectivity index (χ4n) is 4.44. The molecule has 1 unspecified atom stereocenters. The molecule has 0 aromatic heterocycles. The third kappa shape index (κ3) is 8.11. The minimum Gasteiger partial charge on any atom is -0.491 e. The maximum atomic E-state index is 13.7. The smallest absolute Gasteiger partial charge is 0.410 e. The molecule has 2 aromatic rings. The number of hydrogen-bond donors (Lipinski definition) is 0. The van der Waals surface area contributed by atoms with Gasteiger partial charge in [0.1, 0.15) is 18.0 Å². The summed E-state index contributed by atoms with van der Waals surface area (Å²) >= 11 is 0. The van der Waals surface area contributed by atoms with Crippen molar-refractivity contribution in [1.82, 2.24) is 4.90 Å². The van der Waals surface area contributed by atoms with Crippen molar-refractivity contribution in [3.8, 4) is 5.75 Å². The van der Waals surface area contributed by atoms with Crippen molar-refractivity contribution in [1.29, 1.82) is 0 Å². The predicted octanol–water partition coefficient (Wildman–Crippen LogP) is 5.95. The van der Waals surface area contributed by atoms with Gasteiger partial charge in [0.25, 0.3) is 10.0 Å². The minimum atomic E-state index is -3.80. The number of ether oxygens (including phenoxy) is 3. The highest BCUT2D eigenvalue weighted by Gasteiger charge is 2.39. The van der Waals surface area contributed by atoms with Gasteiger partial charge in [0.2, 0.25) is 0 Å². The molecule has 0 radical (unpaired) electrons. The van der Waals surface area contributed by atoms with E-state index in [0.717, 1.165) is 11.1 Å². The molecule has 1 saturated heterocycles. The highest BCUT2D eigenvalue weighted by molar-refractivity contribution is 7.92. The molecule has 1 amide bonds. The fourth-order valence-corrected chi connectivity index (χ4v) is 6.13. The Morgan fingerprint density at radius 3 is 2.33 bits per heavy atom. The molecule has 2 aromatic carbocycles. The van der Waals surface area contributed by atoms with E-state index in [0.29, 0.717) is 31.1 Å². The Kier molecular flexibility index (Phi) is 9.27. The molecule has 9 heteroatoms. The number of anilines is 1. The quantitative estimate of drug-likeness (QED) is 0.397. The lowest BCUT2D eigenvalue weighted by Gasteiger charge is -2.43. The number of benzene rings is 2. The maximum Gasteiger partial charge on any atom is 0.410 e. The number of carbonyl (C=O) groups is 1. The summed E-state index contributed by atoms with van der Waals surface area (Å²) in [4.78, 5) is 14.7. The second-order valence-electron chi connectivity index (χ2n) is 12.3. The molecule has 1 aliphatic rings. The second-order valence-corrected chi connectivity index (χ2v) is 14.2. The van der Waals surface area contributed by atoms with E-state index in [2.05, 4.69) is 0 Å². The summed E-state index contributed by atoms with van der Waals surface area (Å²) in [7, 11) is -3.80. The summed E-state index contributed by atoms with van der Waals surface area (Å²) in [5, 5.41) is 0. The van der Waals surface area contributed by atoms with Crippen molar-refractivity contribution in [3.63, 3.8) is 0 Å². The number of rotatable bonds is 8. The SMILES string of the molecule is Cc1ccc(N(CC(C)C)S(=O)(=O)c2ccc(OCC3COC(C)(C)CN3C(=O)OC(C)(C)C)cc2)c(C)c1. The number of amides is 1. The van der Waals surface area contributed by atoms with Gasteiger partial charge in [-0.2, -0.15) is 0 Å². The molecule has 0 saturated carbocycles. The van der Waals surface area contributed by atoms with Crippen LogP contribution in [0.25, 0.3) is 0 Å². The summed E-state index contributed by atoms with van der Waals surface area (Å²) < 4.78 is 46.5. The summed E-state index contributed by atoms with van der Waals surface area (Å²) in [6.07, 6.45) is -0.412. The average molecular weight is 561 g/mol. The molecule has 8 nitrogen and oxygen atoms in total. The van der Waals surface area contributed by atoms with Crippen LogP contribution in [0.3, 0.4) is 0 Å². The van der Waals surface area contributed by atoms with Crippen LogP contribution in [0.2, 0.25) is 0 Å². The standard InChI is InChI=1S/C30H44N2O6S/c1-21(2)17-32(27-15-10-22(3)16-23(27)4)39(34,35)26-13-11-25(12-14-26)36-18-24-19-37-30(8,9)20-31(24)28(33)38-29(5,6)7/h10-16,21,24H,17-20H2,1-9H3. The van der Waals surface area contributed by atoms with Crippen molar-refractivity contribution in [3.05, 3.63) is 53.6 Å². The number of carbonyl (C=O) groups excluding carboxylic acids is 1. The third-order valence-corrected chi connectivity index (χ3v) is 8.09. The van der Waals surface area contributed by atoms with Gasteiger partial charge in [-0.25, -0.2) is 13.2 Å². The van der Waals surface area contributed by atoms with Gasteiger partial charge in [0.15, 0.2) is 0 Å². The van der Waals surface area contributed by atoms with Crippen LogP contribution in [0.1, 0.15) is 59.6 Å². The van der Waals surface area contributed by atoms with Crippen LogP contribution < -0.4 is 9.04 Å². The summed E-state index contributed by atoms with van der Waals surface area (Å²) in [6, 6.07) is 11.9. The molecule has 3 rings (SSSR count). The Labute approximate surface area is 234 Å². The monoisotopic (exact) mass is 560 g/mol. The van der Waals surface area contributed by atoms with Crippen LogP contribution in [-0.4, -0.2) is 63.0 Å². The lowest BCUT2D eigenvalue weighted by atomic mass is 10.1. The molecule has 1 atom stereocenters. The Bertz CT molecular complexity index is 1250. The third-order valence-electron chi connectivity index (χ3n) is 6.29. The molecule has 1 heterocycles. The Morgan fingerprint density at radius 2 is 1.77 bits per heavy atom. The lowest BCUT2D eigenvalue weighted by molar-refractivity contribution is -0.119. The molecule has 39 heavy (non-hydrogen) atoms. The van der Waals surface area contributed by atoms with Crippen LogP contribution >= 0.6 is 0 Å². The highest BCUT2D eigenvalue weighted by atomic mass is 32.2. The van der Waals surface area contributed by atoms with Crippen molar-refractivity contribution < 1.29 is 27.4 Å². The Balaban J connectivity index is 1.77. The van der Waals surface area contributed by atoms with Gasteiger partial charge in [-0.3, -0.25) is 9.21 Å². The molecule has 0 bridgehead atoms. The number of morpholine rings is 1. The van der Waals surface area contributed by atoms with Gasteiger partial charge >= 0.3 is 6.09 Å². The first-order valence-corrected chi connectivity index (χ1v) is 14.9. The van der Waals surface area contributed by atoms with E-state index < -0.39 is 27.3 Å². The van der Waals surface area contributed by atoms with Crippen LogP contribution in [0, 0.1) is 19.8 Å². The van der Waals surface area contributed by atoms with E-state index in [4.69, 9.17) is 14.2 Å². The number of aryl methyl sites for hydroxylation is 2. The van der Waals surface area contributed by atoms with Crippen molar-refractivity contribution >= 4 is 21.8 Å². The van der Waals surface area contributed by atoms with E-state index >= 15 is 0 Å². The Hall–Kier alpha value is -2.78. The highest BCUT2D eigenvalue weighted by Crippen LogP contribution is 2.30. The van der Waals surface area contributed by atoms with E-state index in [1.165, 1.54) is 4.31 Å². The molecule has 1 fully saturated rings. The van der Waals surface area contributed by atoms with E-state index in [1.54, 1.807) is 29.2 Å². The lowest BCUT2D eigenvalue weighted by Crippen LogP contribution is -2.58. The van der Waals surface area contributed by atoms with E-state index in [-0.39, 0.29) is 23.5 Å². The number of nitrogens with zero attached hydrogens (tertiary/aromatic N) is 2. The minimum absolute atomic E-state index is 0.138.